The highest BCUT2D eigenvalue weighted by Gasteiger charge is 2.37. The van der Waals surface area contributed by atoms with Gasteiger partial charge >= 0.3 is 5.97 Å². The second-order valence-electron chi connectivity index (χ2n) is 5.33. The first kappa shape index (κ1) is 17.7. The Morgan fingerprint density at radius 3 is 2.67 bits per heavy atom. The minimum atomic E-state index is -0.932. The van der Waals surface area contributed by atoms with Gasteiger partial charge in [-0.15, -0.1) is 0 Å². The number of amides is 2. The summed E-state index contributed by atoms with van der Waals surface area (Å²) in [4.78, 5) is 37.4. The lowest BCUT2D eigenvalue weighted by Gasteiger charge is -2.35. The molecule has 0 radical (unpaired) electrons. The minimum absolute atomic E-state index is 0.225. The van der Waals surface area contributed by atoms with Gasteiger partial charge in [-0.25, -0.2) is 4.39 Å². The molecule has 0 saturated carbocycles. The molecule has 1 N–H and O–H groups in total. The molecule has 8 heteroatoms. The lowest BCUT2D eigenvalue weighted by atomic mass is 10.1. The van der Waals surface area contributed by atoms with Crippen molar-refractivity contribution >= 4 is 17.8 Å². The van der Waals surface area contributed by atoms with Crippen LogP contribution in [-0.2, 0) is 19.1 Å². The maximum Gasteiger partial charge on any atom is 0.308 e. The zero-order valence-electron chi connectivity index (χ0n) is 13.5. The molecule has 0 bridgehead atoms. The van der Waals surface area contributed by atoms with Gasteiger partial charge in [0.15, 0.2) is 6.10 Å². The lowest BCUT2D eigenvalue weighted by Crippen LogP contribution is -2.60. The molecule has 7 nitrogen and oxygen atoms in total. The standard InChI is InChI=1S/C16H19FN2O5/c1-10(24-12-5-3-11(17)4-6-12)16(22)19-8-7-18-15(21)13(19)9-14(20)23-2/h3-6,10,13H,7-9H2,1-2H3,(H,18,21)/t10-,13-/m1/s1. The zero-order valence-corrected chi connectivity index (χ0v) is 13.5. The molecule has 0 spiro atoms. The third-order valence-corrected chi connectivity index (χ3v) is 3.68. The highest BCUT2D eigenvalue weighted by Crippen LogP contribution is 2.17. The first-order valence-corrected chi connectivity index (χ1v) is 7.49. The second-order valence-corrected chi connectivity index (χ2v) is 5.33. The monoisotopic (exact) mass is 338 g/mol. The fourth-order valence-corrected chi connectivity index (χ4v) is 2.42. The van der Waals surface area contributed by atoms with Crippen LogP contribution in [0.3, 0.4) is 0 Å². The van der Waals surface area contributed by atoms with Crippen molar-refractivity contribution in [1.29, 1.82) is 0 Å². The number of nitrogens with one attached hydrogen (secondary N) is 1. The van der Waals surface area contributed by atoms with E-state index in [9.17, 15) is 18.8 Å². The van der Waals surface area contributed by atoms with Crippen LogP contribution >= 0.6 is 0 Å². The Balaban J connectivity index is 2.07. The van der Waals surface area contributed by atoms with Crippen molar-refractivity contribution in [2.75, 3.05) is 20.2 Å². The molecular formula is C16H19FN2O5. The SMILES string of the molecule is COC(=O)C[C@@H]1C(=O)NCCN1C(=O)[C@@H](C)Oc1ccc(F)cc1. The molecule has 1 aromatic rings. The average Bonchev–Trinajstić information content (AvgIpc) is 2.57. The van der Waals surface area contributed by atoms with Gasteiger partial charge in [-0.2, -0.15) is 0 Å². The molecule has 0 unspecified atom stereocenters. The van der Waals surface area contributed by atoms with E-state index in [1.165, 1.54) is 43.2 Å². The van der Waals surface area contributed by atoms with Gasteiger partial charge in [0.25, 0.3) is 5.91 Å². The number of halogens is 1. The largest absolute Gasteiger partial charge is 0.481 e. The van der Waals surface area contributed by atoms with Gasteiger partial charge < -0.3 is 19.7 Å². The first-order valence-electron chi connectivity index (χ1n) is 7.49. The van der Waals surface area contributed by atoms with Crippen molar-refractivity contribution in [2.45, 2.75) is 25.5 Å². The smallest absolute Gasteiger partial charge is 0.308 e. The molecule has 1 saturated heterocycles. The molecule has 2 atom stereocenters. The molecule has 2 rings (SSSR count). The lowest BCUT2D eigenvalue weighted by molar-refractivity contribution is -0.153. The number of benzene rings is 1. The Hall–Kier alpha value is -2.64. The van der Waals surface area contributed by atoms with E-state index in [-0.39, 0.29) is 13.0 Å². The molecular weight excluding hydrogens is 319 g/mol. The van der Waals surface area contributed by atoms with Gasteiger partial charge in [-0.3, -0.25) is 14.4 Å². The molecule has 130 valence electrons. The zero-order chi connectivity index (χ0) is 17.7. The first-order chi connectivity index (χ1) is 11.4. The Morgan fingerprint density at radius 2 is 2.04 bits per heavy atom. The van der Waals surface area contributed by atoms with Gasteiger partial charge in [0.2, 0.25) is 5.91 Å². The van der Waals surface area contributed by atoms with E-state index in [1.54, 1.807) is 0 Å². The molecule has 1 aliphatic heterocycles. The Bertz CT molecular complexity index is 619. The average molecular weight is 338 g/mol. The van der Waals surface area contributed by atoms with E-state index < -0.39 is 35.7 Å². The van der Waals surface area contributed by atoms with Crippen LogP contribution in [0, 0.1) is 5.82 Å². The van der Waals surface area contributed by atoms with E-state index in [2.05, 4.69) is 10.1 Å². The van der Waals surface area contributed by atoms with Crippen molar-refractivity contribution in [3.05, 3.63) is 30.1 Å². The van der Waals surface area contributed by atoms with E-state index in [1.807, 2.05) is 0 Å². The number of hydrogen-bond donors (Lipinski definition) is 1. The third kappa shape index (κ3) is 4.21. The number of nitrogens with zero attached hydrogens (tertiary/aromatic N) is 1. The molecule has 0 aliphatic carbocycles. The summed E-state index contributed by atoms with van der Waals surface area (Å²) in [5, 5.41) is 2.62. The third-order valence-electron chi connectivity index (χ3n) is 3.68. The van der Waals surface area contributed by atoms with Gasteiger partial charge in [0, 0.05) is 13.1 Å². The van der Waals surface area contributed by atoms with Crippen molar-refractivity contribution in [2.24, 2.45) is 0 Å². The summed E-state index contributed by atoms with van der Waals surface area (Å²) in [6.07, 6.45) is -1.11. The molecule has 1 heterocycles. The summed E-state index contributed by atoms with van der Waals surface area (Å²) in [6, 6.07) is 4.34. The molecule has 1 aliphatic rings. The van der Waals surface area contributed by atoms with Crippen LogP contribution in [0.25, 0.3) is 0 Å². The summed E-state index contributed by atoms with van der Waals surface area (Å²) < 4.78 is 23.0. The van der Waals surface area contributed by atoms with Crippen molar-refractivity contribution in [3.63, 3.8) is 0 Å². The minimum Gasteiger partial charge on any atom is -0.481 e. The topological polar surface area (TPSA) is 84.9 Å². The van der Waals surface area contributed by atoms with Gasteiger partial charge in [-0.1, -0.05) is 0 Å². The normalized spacial score (nSPS) is 18.5. The molecule has 24 heavy (non-hydrogen) atoms. The second kappa shape index (κ2) is 7.76. The molecule has 0 aromatic heterocycles. The number of ether oxygens (including phenoxy) is 2. The van der Waals surface area contributed by atoms with Gasteiger partial charge in [0.05, 0.1) is 13.5 Å². The molecule has 1 aromatic carbocycles. The van der Waals surface area contributed by atoms with Crippen LogP contribution in [0.5, 0.6) is 5.75 Å². The van der Waals surface area contributed by atoms with Crippen molar-refractivity contribution in [1.82, 2.24) is 10.2 Å². The van der Waals surface area contributed by atoms with E-state index >= 15 is 0 Å². The predicted molar refractivity (Wildman–Crippen MR) is 81.6 cm³/mol. The number of hydrogen-bond acceptors (Lipinski definition) is 5. The van der Waals surface area contributed by atoms with Crippen LogP contribution in [0.1, 0.15) is 13.3 Å². The summed E-state index contributed by atoms with van der Waals surface area (Å²) in [6.45, 7) is 2.10. The Morgan fingerprint density at radius 1 is 1.38 bits per heavy atom. The summed E-state index contributed by atoms with van der Waals surface area (Å²) >= 11 is 0. The maximum atomic E-state index is 12.9. The van der Waals surface area contributed by atoms with Gasteiger partial charge in [-0.05, 0) is 31.2 Å². The fourth-order valence-electron chi connectivity index (χ4n) is 2.42. The van der Waals surface area contributed by atoms with Gasteiger partial charge in [0.1, 0.15) is 17.6 Å². The number of piperazine rings is 1. The Kier molecular flexibility index (Phi) is 5.73. The van der Waals surface area contributed by atoms with Crippen LogP contribution in [0.15, 0.2) is 24.3 Å². The van der Waals surface area contributed by atoms with Crippen molar-refractivity contribution in [3.8, 4) is 5.75 Å². The van der Waals surface area contributed by atoms with E-state index in [0.29, 0.717) is 12.3 Å². The van der Waals surface area contributed by atoms with E-state index in [0.717, 1.165) is 0 Å². The van der Waals surface area contributed by atoms with Crippen LogP contribution < -0.4 is 10.1 Å². The highest BCUT2D eigenvalue weighted by molar-refractivity contribution is 5.93. The van der Waals surface area contributed by atoms with Crippen molar-refractivity contribution < 1.29 is 28.2 Å². The number of rotatable bonds is 5. The van der Waals surface area contributed by atoms with Crippen LogP contribution in [0.4, 0.5) is 4.39 Å². The van der Waals surface area contributed by atoms with E-state index in [4.69, 9.17) is 4.74 Å². The predicted octanol–water partition coefficient (Wildman–Crippen LogP) is 0.483. The number of esters is 1. The summed E-state index contributed by atoms with van der Waals surface area (Å²) in [5.41, 5.74) is 0. The number of methoxy groups -OCH3 is 1. The highest BCUT2D eigenvalue weighted by atomic mass is 19.1. The Labute approximate surface area is 138 Å². The molecule has 1 fully saturated rings. The number of carbonyl (C=O) groups is 3. The van der Waals surface area contributed by atoms with Crippen LogP contribution in [0.2, 0.25) is 0 Å². The van der Waals surface area contributed by atoms with Crippen LogP contribution in [-0.4, -0.2) is 55.0 Å². The quantitative estimate of drug-likeness (QED) is 0.790. The molecule has 2 amide bonds. The fraction of sp³-hybridized carbons (Fsp3) is 0.438. The maximum absolute atomic E-state index is 12.9. The number of carbonyl (C=O) groups excluding carboxylic acids is 3. The summed E-state index contributed by atoms with van der Waals surface area (Å²) in [5.74, 6) is -1.49. The summed E-state index contributed by atoms with van der Waals surface area (Å²) in [7, 11) is 1.22.